The summed E-state index contributed by atoms with van der Waals surface area (Å²) in [6.07, 6.45) is 0. The molecular formula is C4H10Br3NO. The van der Waals surface area contributed by atoms with E-state index in [9.17, 15) is 0 Å². The number of halogens is 3. The highest BCUT2D eigenvalue weighted by Crippen LogP contribution is 2.06. The number of aliphatic hydroxyl groups excluding tert-OH is 1. The molecule has 0 aliphatic carbocycles. The molecule has 0 bridgehead atoms. The van der Waals surface area contributed by atoms with E-state index in [1.54, 1.807) is 0 Å². The fraction of sp³-hybridized carbons (Fsp3) is 1.00. The maximum atomic E-state index is 8.60. The van der Waals surface area contributed by atoms with Crippen LogP contribution in [0.1, 0.15) is 0 Å². The van der Waals surface area contributed by atoms with E-state index in [-0.39, 0.29) is 23.6 Å². The maximum Gasteiger partial charge on any atom is 0.0627 e. The van der Waals surface area contributed by atoms with Crippen LogP contribution < -0.4 is 5.73 Å². The van der Waals surface area contributed by atoms with Crippen molar-refractivity contribution >= 4 is 48.8 Å². The quantitative estimate of drug-likeness (QED) is 0.761. The van der Waals surface area contributed by atoms with Crippen molar-refractivity contribution in [2.24, 2.45) is 5.73 Å². The summed E-state index contributed by atoms with van der Waals surface area (Å²) >= 11 is 6.35. The Bertz CT molecular complexity index is 58.6. The van der Waals surface area contributed by atoms with E-state index >= 15 is 0 Å². The van der Waals surface area contributed by atoms with Crippen LogP contribution >= 0.6 is 48.8 Å². The average molecular weight is 328 g/mol. The highest BCUT2D eigenvalue weighted by atomic mass is 79.9. The van der Waals surface area contributed by atoms with Crippen LogP contribution in [0.15, 0.2) is 0 Å². The van der Waals surface area contributed by atoms with Gasteiger partial charge in [0.2, 0.25) is 0 Å². The summed E-state index contributed by atoms with van der Waals surface area (Å²) in [7, 11) is 0. The van der Waals surface area contributed by atoms with Gasteiger partial charge >= 0.3 is 0 Å². The average Bonchev–Trinajstić information content (AvgIpc) is 1.87. The minimum Gasteiger partial charge on any atom is -0.394 e. The molecule has 2 nitrogen and oxygen atoms in total. The summed E-state index contributed by atoms with van der Waals surface area (Å²) in [5.41, 5.74) is 5.07. The highest BCUT2D eigenvalue weighted by molar-refractivity contribution is 9.09. The van der Waals surface area contributed by atoms with Crippen molar-refractivity contribution in [1.82, 2.24) is 0 Å². The molecule has 0 saturated heterocycles. The second-order valence-corrected chi connectivity index (χ2v) is 2.91. The molecule has 0 amide bonds. The SMILES string of the molecule is Br.NC(CO)(CBr)CBr. The summed E-state index contributed by atoms with van der Waals surface area (Å²) in [6, 6.07) is 0. The number of hydrogen-bond acceptors (Lipinski definition) is 2. The van der Waals surface area contributed by atoms with Crippen LogP contribution in [0.2, 0.25) is 0 Å². The first-order valence-electron chi connectivity index (χ1n) is 2.20. The van der Waals surface area contributed by atoms with Gasteiger partial charge in [0.1, 0.15) is 0 Å². The van der Waals surface area contributed by atoms with Gasteiger partial charge in [-0.1, -0.05) is 31.9 Å². The molecule has 5 heteroatoms. The van der Waals surface area contributed by atoms with Gasteiger partial charge in [0.25, 0.3) is 0 Å². The molecule has 0 rings (SSSR count). The lowest BCUT2D eigenvalue weighted by Crippen LogP contribution is -2.47. The van der Waals surface area contributed by atoms with Crippen molar-refractivity contribution in [1.29, 1.82) is 0 Å². The monoisotopic (exact) mass is 325 g/mol. The zero-order chi connectivity index (χ0) is 6.62. The molecule has 0 aromatic carbocycles. The van der Waals surface area contributed by atoms with Gasteiger partial charge in [-0.25, -0.2) is 0 Å². The Labute approximate surface area is 82.2 Å². The predicted molar refractivity (Wildman–Crippen MR) is 51.9 cm³/mol. The largest absolute Gasteiger partial charge is 0.394 e. The van der Waals surface area contributed by atoms with Crippen LogP contribution in [0.25, 0.3) is 0 Å². The smallest absolute Gasteiger partial charge is 0.0627 e. The molecule has 0 fully saturated rings. The third-order valence-electron chi connectivity index (χ3n) is 0.847. The molecule has 9 heavy (non-hydrogen) atoms. The van der Waals surface area contributed by atoms with Gasteiger partial charge in [-0.15, -0.1) is 17.0 Å². The lowest BCUT2D eigenvalue weighted by atomic mass is 10.1. The van der Waals surface area contributed by atoms with Gasteiger partial charge in [0.05, 0.1) is 12.1 Å². The van der Waals surface area contributed by atoms with Gasteiger partial charge in [-0.3, -0.25) is 0 Å². The van der Waals surface area contributed by atoms with Crippen LogP contribution in [-0.4, -0.2) is 27.9 Å². The Hall–Kier alpha value is 1.36. The molecule has 0 unspecified atom stereocenters. The Morgan fingerprint density at radius 1 is 1.33 bits per heavy atom. The maximum absolute atomic E-state index is 8.60. The molecule has 0 spiro atoms. The van der Waals surface area contributed by atoms with Crippen LogP contribution in [0.3, 0.4) is 0 Å². The van der Waals surface area contributed by atoms with Crippen molar-refractivity contribution in [3.8, 4) is 0 Å². The Morgan fingerprint density at radius 3 is 1.67 bits per heavy atom. The van der Waals surface area contributed by atoms with Crippen molar-refractivity contribution in [2.75, 3.05) is 17.3 Å². The lowest BCUT2D eigenvalue weighted by Gasteiger charge is -2.20. The Morgan fingerprint density at radius 2 is 1.67 bits per heavy atom. The van der Waals surface area contributed by atoms with E-state index in [0.717, 1.165) is 0 Å². The molecule has 58 valence electrons. The molecule has 0 aliphatic rings. The number of alkyl halides is 2. The lowest BCUT2D eigenvalue weighted by molar-refractivity contribution is 0.228. The van der Waals surface area contributed by atoms with E-state index < -0.39 is 5.54 Å². The zero-order valence-electron chi connectivity index (χ0n) is 4.81. The standard InChI is InChI=1S/C4H9Br2NO.BrH/c5-1-4(7,2-6)3-8;/h8H,1-3,7H2;1H. The molecule has 0 atom stereocenters. The number of hydrogen-bond donors (Lipinski definition) is 2. The topological polar surface area (TPSA) is 46.2 Å². The van der Waals surface area contributed by atoms with Crippen LogP contribution in [0.5, 0.6) is 0 Å². The van der Waals surface area contributed by atoms with Crippen LogP contribution in [0, 0.1) is 0 Å². The first-order chi connectivity index (χ1) is 3.68. The van der Waals surface area contributed by atoms with Gasteiger partial charge < -0.3 is 10.8 Å². The highest BCUT2D eigenvalue weighted by Gasteiger charge is 2.19. The van der Waals surface area contributed by atoms with Gasteiger partial charge in [-0.2, -0.15) is 0 Å². The summed E-state index contributed by atoms with van der Waals surface area (Å²) in [5, 5.41) is 9.83. The number of rotatable bonds is 3. The minimum atomic E-state index is -0.486. The van der Waals surface area contributed by atoms with Gasteiger partial charge in [0.15, 0.2) is 0 Å². The van der Waals surface area contributed by atoms with Crippen molar-refractivity contribution in [2.45, 2.75) is 5.54 Å². The molecular weight excluding hydrogens is 318 g/mol. The first kappa shape index (κ1) is 13.0. The van der Waals surface area contributed by atoms with Crippen molar-refractivity contribution in [3.05, 3.63) is 0 Å². The second kappa shape index (κ2) is 6.09. The summed E-state index contributed by atoms with van der Waals surface area (Å²) in [5.74, 6) is 0. The van der Waals surface area contributed by atoms with E-state index in [0.29, 0.717) is 10.7 Å². The van der Waals surface area contributed by atoms with Gasteiger partial charge in [-0.05, 0) is 0 Å². The summed E-state index contributed by atoms with van der Waals surface area (Å²) in [6.45, 7) is 0.00347. The van der Waals surface area contributed by atoms with Crippen LogP contribution in [-0.2, 0) is 0 Å². The molecule has 0 heterocycles. The minimum absolute atomic E-state index is 0. The number of aliphatic hydroxyl groups is 1. The second-order valence-electron chi connectivity index (χ2n) is 1.79. The van der Waals surface area contributed by atoms with E-state index in [1.807, 2.05) is 0 Å². The third-order valence-corrected chi connectivity index (χ3v) is 3.08. The van der Waals surface area contributed by atoms with E-state index in [2.05, 4.69) is 31.9 Å². The van der Waals surface area contributed by atoms with Crippen molar-refractivity contribution in [3.63, 3.8) is 0 Å². The molecule has 0 aromatic heterocycles. The number of nitrogens with two attached hydrogens (primary N) is 1. The van der Waals surface area contributed by atoms with Crippen molar-refractivity contribution < 1.29 is 5.11 Å². The third kappa shape index (κ3) is 4.72. The Kier molecular flexibility index (Phi) is 8.79. The Balaban J connectivity index is 0. The van der Waals surface area contributed by atoms with E-state index in [1.165, 1.54) is 0 Å². The summed E-state index contributed by atoms with van der Waals surface area (Å²) < 4.78 is 0. The molecule has 3 N–H and O–H groups in total. The van der Waals surface area contributed by atoms with E-state index in [4.69, 9.17) is 10.8 Å². The molecule has 0 aromatic rings. The van der Waals surface area contributed by atoms with Crippen LogP contribution in [0.4, 0.5) is 0 Å². The molecule has 0 saturated carbocycles. The molecule has 0 radical (unpaired) electrons. The first-order valence-corrected chi connectivity index (χ1v) is 4.44. The fourth-order valence-corrected chi connectivity index (χ4v) is 1.40. The molecule has 0 aliphatic heterocycles. The normalized spacial score (nSPS) is 10.7. The predicted octanol–water partition coefficient (Wildman–Crippen LogP) is 1.04. The van der Waals surface area contributed by atoms with Gasteiger partial charge in [0, 0.05) is 10.7 Å². The zero-order valence-corrected chi connectivity index (χ0v) is 9.70. The fourth-order valence-electron chi connectivity index (χ4n) is 0.120. The summed E-state index contributed by atoms with van der Waals surface area (Å²) in [4.78, 5) is 0.